The summed E-state index contributed by atoms with van der Waals surface area (Å²) in [7, 11) is 0. The van der Waals surface area contributed by atoms with E-state index in [9.17, 15) is 9.90 Å². The molecule has 3 heteroatoms. The molecule has 18 heavy (non-hydrogen) atoms. The average molecular weight is 254 g/mol. The second-order valence-electron chi connectivity index (χ2n) is 6.89. The van der Waals surface area contributed by atoms with Crippen molar-refractivity contribution in [3.63, 3.8) is 0 Å². The summed E-state index contributed by atoms with van der Waals surface area (Å²) in [6, 6.07) is 0. The molecule has 0 aliphatic heterocycles. The third-order valence-electron chi connectivity index (χ3n) is 4.40. The summed E-state index contributed by atoms with van der Waals surface area (Å²) in [5.74, 6) is 0.456. The van der Waals surface area contributed by atoms with E-state index in [1.165, 1.54) is 6.42 Å². The first-order chi connectivity index (χ1) is 8.39. The van der Waals surface area contributed by atoms with E-state index in [1.54, 1.807) is 13.8 Å². The fourth-order valence-electron chi connectivity index (χ4n) is 3.37. The molecule has 2 saturated carbocycles. The lowest BCUT2D eigenvalue weighted by Gasteiger charge is -2.42. The van der Waals surface area contributed by atoms with Crippen molar-refractivity contribution in [1.29, 1.82) is 0 Å². The van der Waals surface area contributed by atoms with Crippen LogP contribution in [0.4, 0.5) is 0 Å². The highest BCUT2D eigenvalue weighted by molar-refractivity contribution is 5.79. The molecule has 2 aliphatic carbocycles. The van der Waals surface area contributed by atoms with E-state index in [2.05, 4.69) is 0 Å². The zero-order valence-electron chi connectivity index (χ0n) is 11.7. The third kappa shape index (κ3) is 3.79. The Bertz CT molecular complexity index is 295. The molecular weight excluding hydrogens is 228 g/mol. The largest absolute Gasteiger partial charge is 0.388 e. The zero-order valence-corrected chi connectivity index (χ0v) is 11.7. The van der Waals surface area contributed by atoms with E-state index in [0.717, 1.165) is 44.9 Å². The minimum atomic E-state index is -0.740. The SMILES string of the molecule is CC(C)(O)COC1CCC2(CCCC(=O)C2)CC1. The maximum atomic E-state index is 11.6. The smallest absolute Gasteiger partial charge is 0.133 e. The van der Waals surface area contributed by atoms with Crippen LogP contribution in [0, 0.1) is 5.41 Å². The Morgan fingerprint density at radius 3 is 2.56 bits per heavy atom. The minimum Gasteiger partial charge on any atom is -0.388 e. The lowest BCUT2D eigenvalue weighted by atomic mass is 9.64. The Hall–Kier alpha value is -0.410. The molecule has 0 atom stereocenters. The molecule has 0 aromatic heterocycles. The standard InChI is InChI=1S/C15H26O3/c1-14(2,17)11-18-13-5-8-15(9-6-13)7-3-4-12(16)10-15/h13,17H,3-11H2,1-2H3. The van der Waals surface area contributed by atoms with Crippen molar-refractivity contribution in [3.05, 3.63) is 0 Å². The van der Waals surface area contributed by atoms with Gasteiger partial charge in [-0.05, 0) is 57.8 Å². The molecule has 0 heterocycles. The van der Waals surface area contributed by atoms with Gasteiger partial charge in [-0.3, -0.25) is 4.79 Å². The van der Waals surface area contributed by atoms with Gasteiger partial charge in [0.05, 0.1) is 18.3 Å². The number of hydrogen-bond acceptors (Lipinski definition) is 3. The highest BCUT2D eigenvalue weighted by atomic mass is 16.5. The molecule has 0 saturated heterocycles. The van der Waals surface area contributed by atoms with E-state index in [-0.39, 0.29) is 6.10 Å². The van der Waals surface area contributed by atoms with Crippen molar-refractivity contribution in [3.8, 4) is 0 Å². The minimum absolute atomic E-state index is 0.277. The first-order valence-corrected chi connectivity index (χ1v) is 7.24. The normalized spacial score (nSPS) is 33.9. The van der Waals surface area contributed by atoms with Gasteiger partial charge in [0.25, 0.3) is 0 Å². The van der Waals surface area contributed by atoms with E-state index in [0.29, 0.717) is 17.8 Å². The molecule has 0 bridgehead atoms. The molecule has 0 aromatic rings. The molecule has 0 amide bonds. The number of ether oxygens (including phenoxy) is 1. The zero-order chi connectivity index (χ0) is 13.2. The molecule has 1 spiro atoms. The van der Waals surface area contributed by atoms with Gasteiger partial charge in [0.2, 0.25) is 0 Å². The van der Waals surface area contributed by atoms with Crippen LogP contribution in [0.2, 0.25) is 0 Å². The second kappa shape index (κ2) is 5.30. The van der Waals surface area contributed by atoms with Gasteiger partial charge in [0.15, 0.2) is 0 Å². The molecule has 3 nitrogen and oxygen atoms in total. The van der Waals surface area contributed by atoms with Crippen LogP contribution in [0.3, 0.4) is 0 Å². The summed E-state index contributed by atoms with van der Waals surface area (Å²) in [6.07, 6.45) is 8.49. The Morgan fingerprint density at radius 2 is 2.00 bits per heavy atom. The van der Waals surface area contributed by atoms with E-state index < -0.39 is 5.60 Å². The first kappa shape index (κ1) is 14.0. The Morgan fingerprint density at radius 1 is 1.33 bits per heavy atom. The van der Waals surface area contributed by atoms with Crippen LogP contribution in [-0.4, -0.2) is 29.2 Å². The molecule has 1 N–H and O–H groups in total. The van der Waals surface area contributed by atoms with Gasteiger partial charge in [-0.15, -0.1) is 0 Å². The van der Waals surface area contributed by atoms with E-state index in [1.807, 2.05) is 0 Å². The molecule has 2 aliphatic rings. The maximum absolute atomic E-state index is 11.6. The van der Waals surface area contributed by atoms with Gasteiger partial charge < -0.3 is 9.84 Å². The van der Waals surface area contributed by atoms with Crippen LogP contribution in [-0.2, 0) is 9.53 Å². The van der Waals surface area contributed by atoms with Crippen LogP contribution >= 0.6 is 0 Å². The van der Waals surface area contributed by atoms with Crippen molar-refractivity contribution < 1.29 is 14.6 Å². The summed E-state index contributed by atoms with van der Waals surface area (Å²) in [4.78, 5) is 11.6. The fraction of sp³-hybridized carbons (Fsp3) is 0.933. The summed E-state index contributed by atoms with van der Waals surface area (Å²) >= 11 is 0. The number of aliphatic hydroxyl groups is 1. The van der Waals surface area contributed by atoms with Crippen LogP contribution in [0.5, 0.6) is 0 Å². The van der Waals surface area contributed by atoms with Crippen LogP contribution in [0.25, 0.3) is 0 Å². The van der Waals surface area contributed by atoms with Gasteiger partial charge >= 0.3 is 0 Å². The monoisotopic (exact) mass is 254 g/mol. The van der Waals surface area contributed by atoms with Crippen molar-refractivity contribution in [1.82, 2.24) is 0 Å². The average Bonchev–Trinajstić information content (AvgIpc) is 2.27. The van der Waals surface area contributed by atoms with Crippen LogP contribution in [0.15, 0.2) is 0 Å². The lowest BCUT2D eigenvalue weighted by molar-refractivity contribution is -0.126. The second-order valence-corrected chi connectivity index (χ2v) is 6.89. The molecule has 2 rings (SSSR count). The molecule has 2 fully saturated rings. The number of carbonyl (C=O) groups is 1. The highest BCUT2D eigenvalue weighted by Crippen LogP contribution is 2.46. The van der Waals surface area contributed by atoms with Gasteiger partial charge in [-0.1, -0.05) is 0 Å². The molecule has 0 unspecified atom stereocenters. The predicted octanol–water partition coefficient (Wildman–Crippen LogP) is 2.85. The number of rotatable bonds is 3. The molecule has 0 radical (unpaired) electrons. The molecule has 104 valence electrons. The number of hydrogen-bond donors (Lipinski definition) is 1. The van der Waals surface area contributed by atoms with Gasteiger partial charge in [0.1, 0.15) is 5.78 Å². The van der Waals surface area contributed by atoms with Gasteiger partial charge in [0, 0.05) is 12.8 Å². The quantitative estimate of drug-likeness (QED) is 0.842. The summed E-state index contributed by atoms with van der Waals surface area (Å²) in [5.41, 5.74) is -0.445. The fourth-order valence-corrected chi connectivity index (χ4v) is 3.37. The highest BCUT2D eigenvalue weighted by Gasteiger charge is 2.39. The molecular formula is C15H26O3. The third-order valence-corrected chi connectivity index (χ3v) is 4.40. The first-order valence-electron chi connectivity index (χ1n) is 7.24. The topological polar surface area (TPSA) is 46.5 Å². The molecule has 0 aromatic carbocycles. The number of carbonyl (C=O) groups excluding carboxylic acids is 1. The van der Waals surface area contributed by atoms with Crippen molar-refractivity contribution in [2.45, 2.75) is 76.9 Å². The number of Topliss-reactive ketones (excluding diaryl/α,β-unsaturated/α-hetero) is 1. The number of ketones is 1. The van der Waals surface area contributed by atoms with Gasteiger partial charge in [-0.2, -0.15) is 0 Å². The Balaban J connectivity index is 1.79. The summed E-state index contributed by atoms with van der Waals surface area (Å²) in [5, 5.41) is 9.66. The van der Waals surface area contributed by atoms with Crippen LogP contribution in [0.1, 0.15) is 65.2 Å². The summed E-state index contributed by atoms with van der Waals surface area (Å²) in [6.45, 7) is 3.96. The summed E-state index contributed by atoms with van der Waals surface area (Å²) < 4.78 is 5.77. The van der Waals surface area contributed by atoms with Gasteiger partial charge in [-0.25, -0.2) is 0 Å². The van der Waals surface area contributed by atoms with E-state index >= 15 is 0 Å². The Kier molecular flexibility index (Phi) is 4.12. The van der Waals surface area contributed by atoms with Crippen molar-refractivity contribution in [2.24, 2.45) is 5.41 Å². The van der Waals surface area contributed by atoms with Crippen molar-refractivity contribution in [2.75, 3.05) is 6.61 Å². The maximum Gasteiger partial charge on any atom is 0.133 e. The van der Waals surface area contributed by atoms with Crippen molar-refractivity contribution >= 4 is 5.78 Å². The Labute approximate surface area is 110 Å². The van der Waals surface area contributed by atoms with Crippen LogP contribution < -0.4 is 0 Å². The predicted molar refractivity (Wildman–Crippen MR) is 70.4 cm³/mol. The lowest BCUT2D eigenvalue weighted by Crippen LogP contribution is -2.37. The van der Waals surface area contributed by atoms with E-state index in [4.69, 9.17) is 4.74 Å².